The molecule has 4 nitrogen and oxygen atoms in total. The van der Waals surface area contributed by atoms with Crippen LogP contribution in [0, 0.1) is 0 Å². The van der Waals surface area contributed by atoms with E-state index in [9.17, 15) is 4.79 Å². The zero-order valence-electron chi connectivity index (χ0n) is 9.32. The van der Waals surface area contributed by atoms with Crippen molar-refractivity contribution in [2.45, 2.75) is 26.8 Å². The monoisotopic (exact) mass is 210 g/mol. The molecule has 0 bridgehead atoms. The SMILES string of the molecule is CCCNC(=O)N(CC)Cc1ccco1. The topological polar surface area (TPSA) is 45.5 Å². The first-order chi connectivity index (χ1) is 7.27. The summed E-state index contributed by atoms with van der Waals surface area (Å²) in [6, 6.07) is 3.67. The van der Waals surface area contributed by atoms with Gasteiger partial charge in [0.25, 0.3) is 0 Å². The lowest BCUT2D eigenvalue weighted by Gasteiger charge is -2.19. The Balaban J connectivity index is 2.44. The van der Waals surface area contributed by atoms with Crippen molar-refractivity contribution >= 4 is 6.03 Å². The number of amides is 2. The minimum absolute atomic E-state index is 0.0317. The molecular weight excluding hydrogens is 192 g/mol. The lowest BCUT2D eigenvalue weighted by molar-refractivity contribution is 0.193. The van der Waals surface area contributed by atoms with Crippen LogP contribution in [0.5, 0.6) is 0 Å². The molecule has 0 aliphatic rings. The van der Waals surface area contributed by atoms with Gasteiger partial charge in [0.2, 0.25) is 0 Å². The molecule has 0 atom stereocenters. The van der Waals surface area contributed by atoms with Crippen LogP contribution in [0.2, 0.25) is 0 Å². The number of urea groups is 1. The number of hydrogen-bond acceptors (Lipinski definition) is 2. The first-order valence-corrected chi connectivity index (χ1v) is 5.33. The Labute approximate surface area is 90.3 Å². The Morgan fingerprint density at radius 1 is 1.53 bits per heavy atom. The number of carbonyl (C=O) groups excluding carboxylic acids is 1. The minimum Gasteiger partial charge on any atom is -0.467 e. The van der Waals surface area contributed by atoms with Crippen LogP contribution in [-0.2, 0) is 6.54 Å². The molecule has 1 aromatic heterocycles. The molecule has 0 aliphatic carbocycles. The van der Waals surface area contributed by atoms with Crippen LogP contribution in [0.25, 0.3) is 0 Å². The van der Waals surface area contributed by atoms with Crippen LogP contribution in [0.4, 0.5) is 4.79 Å². The van der Waals surface area contributed by atoms with Crippen LogP contribution in [0.3, 0.4) is 0 Å². The minimum atomic E-state index is -0.0317. The second kappa shape index (κ2) is 6.11. The van der Waals surface area contributed by atoms with Gasteiger partial charge in [-0.2, -0.15) is 0 Å². The molecule has 1 rings (SSSR count). The molecule has 0 saturated heterocycles. The van der Waals surface area contributed by atoms with E-state index in [1.807, 2.05) is 26.0 Å². The quantitative estimate of drug-likeness (QED) is 0.810. The fourth-order valence-electron chi connectivity index (χ4n) is 1.26. The van der Waals surface area contributed by atoms with E-state index in [-0.39, 0.29) is 6.03 Å². The maximum absolute atomic E-state index is 11.6. The molecule has 0 aliphatic heterocycles. The fourth-order valence-corrected chi connectivity index (χ4v) is 1.26. The molecule has 0 radical (unpaired) electrons. The first-order valence-electron chi connectivity index (χ1n) is 5.33. The predicted octanol–water partition coefficient (Wildman–Crippen LogP) is 2.22. The van der Waals surface area contributed by atoms with E-state index in [2.05, 4.69) is 5.32 Å². The van der Waals surface area contributed by atoms with Crippen molar-refractivity contribution in [3.63, 3.8) is 0 Å². The molecule has 1 N–H and O–H groups in total. The van der Waals surface area contributed by atoms with Crippen LogP contribution in [-0.4, -0.2) is 24.0 Å². The molecule has 84 valence electrons. The highest BCUT2D eigenvalue weighted by molar-refractivity contribution is 5.73. The van der Waals surface area contributed by atoms with Gasteiger partial charge in [0, 0.05) is 13.1 Å². The van der Waals surface area contributed by atoms with Gasteiger partial charge in [-0.05, 0) is 25.5 Å². The van der Waals surface area contributed by atoms with Crippen LogP contribution < -0.4 is 5.32 Å². The highest BCUT2D eigenvalue weighted by Gasteiger charge is 2.11. The number of hydrogen-bond donors (Lipinski definition) is 1. The Morgan fingerprint density at radius 3 is 2.87 bits per heavy atom. The van der Waals surface area contributed by atoms with E-state index in [1.54, 1.807) is 11.2 Å². The molecule has 0 fully saturated rings. The normalized spacial score (nSPS) is 10.0. The molecule has 4 heteroatoms. The van der Waals surface area contributed by atoms with E-state index >= 15 is 0 Å². The van der Waals surface area contributed by atoms with Crippen LogP contribution in [0.1, 0.15) is 26.0 Å². The van der Waals surface area contributed by atoms with Crippen molar-refractivity contribution < 1.29 is 9.21 Å². The van der Waals surface area contributed by atoms with E-state index in [0.29, 0.717) is 19.6 Å². The van der Waals surface area contributed by atoms with Gasteiger partial charge in [-0.3, -0.25) is 0 Å². The average Bonchev–Trinajstić information content (AvgIpc) is 2.75. The van der Waals surface area contributed by atoms with Crippen molar-refractivity contribution in [2.75, 3.05) is 13.1 Å². The third kappa shape index (κ3) is 3.65. The number of nitrogens with zero attached hydrogens (tertiary/aromatic N) is 1. The van der Waals surface area contributed by atoms with E-state index < -0.39 is 0 Å². The summed E-state index contributed by atoms with van der Waals surface area (Å²) in [6.07, 6.45) is 2.57. The van der Waals surface area contributed by atoms with Gasteiger partial charge in [0.15, 0.2) is 0 Å². The van der Waals surface area contributed by atoms with Gasteiger partial charge in [-0.1, -0.05) is 6.92 Å². The third-order valence-electron chi connectivity index (χ3n) is 2.12. The van der Waals surface area contributed by atoms with Gasteiger partial charge in [-0.15, -0.1) is 0 Å². The molecule has 0 aromatic carbocycles. The molecule has 0 spiro atoms. The maximum atomic E-state index is 11.6. The Kier molecular flexibility index (Phi) is 4.74. The van der Waals surface area contributed by atoms with E-state index in [0.717, 1.165) is 12.2 Å². The summed E-state index contributed by atoms with van der Waals surface area (Å²) >= 11 is 0. The summed E-state index contributed by atoms with van der Waals surface area (Å²) < 4.78 is 5.20. The van der Waals surface area contributed by atoms with Gasteiger partial charge in [0.1, 0.15) is 5.76 Å². The van der Waals surface area contributed by atoms with E-state index in [1.165, 1.54) is 0 Å². The van der Waals surface area contributed by atoms with Crippen molar-refractivity contribution in [1.82, 2.24) is 10.2 Å². The van der Waals surface area contributed by atoms with E-state index in [4.69, 9.17) is 4.42 Å². The molecule has 2 amide bonds. The smallest absolute Gasteiger partial charge is 0.317 e. The molecule has 1 heterocycles. The largest absolute Gasteiger partial charge is 0.467 e. The Morgan fingerprint density at radius 2 is 2.33 bits per heavy atom. The molecule has 0 saturated carbocycles. The van der Waals surface area contributed by atoms with Crippen LogP contribution in [0.15, 0.2) is 22.8 Å². The maximum Gasteiger partial charge on any atom is 0.317 e. The van der Waals surface area contributed by atoms with Gasteiger partial charge >= 0.3 is 6.03 Å². The standard InChI is InChI=1S/C11H18N2O2/c1-3-7-12-11(14)13(4-2)9-10-6-5-8-15-10/h5-6,8H,3-4,7,9H2,1-2H3,(H,12,14). The zero-order chi connectivity index (χ0) is 11.1. The summed E-state index contributed by atoms with van der Waals surface area (Å²) in [5, 5.41) is 2.84. The highest BCUT2D eigenvalue weighted by atomic mass is 16.3. The summed E-state index contributed by atoms with van der Waals surface area (Å²) in [4.78, 5) is 13.3. The van der Waals surface area contributed by atoms with Gasteiger partial charge in [-0.25, -0.2) is 4.79 Å². The number of rotatable bonds is 5. The Bertz CT molecular complexity index is 283. The number of furan rings is 1. The summed E-state index contributed by atoms with van der Waals surface area (Å²) in [6.45, 7) is 5.90. The van der Waals surface area contributed by atoms with Gasteiger partial charge in [0.05, 0.1) is 12.8 Å². The van der Waals surface area contributed by atoms with Crippen molar-refractivity contribution in [1.29, 1.82) is 0 Å². The average molecular weight is 210 g/mol. The van der Waals surface area contributed by atoms with Crippen molar-refractivity contribution in [3.8, 4) is 0 Å². The summed E-state index contributed by atoms with van der Waals surface area (Å²) in [5.41, 5.74) is 0. The number of nitrogens with one attached hydrogen (secondary N) is 1. The lowest BCUT2D eigenvalue weighted by Crippen LogP contribution is -2.39. The lowest BCUT2D eigenvalue weighted by atomic mass is 10.4. The predicted molar refractivity (Wildman–Crippen MR) is 58.5 cm³/mol. The highest BCUT2D eigenvalue weighted by Crippen LogP contribution is 2.05. The second-order valence-corrected chi connectivity index (χ2v) is 3.33. The van der Waals surface area contributed by atoms with Gasteiger partial charge < -0.3 is 14.6 Å². The van der Waals surface area contributed by atoms with Crippen molar-refractivity contribution in [2.24, 2.45) is 0 Å². The molecule has 1 aromatic rings. The second-order valence-electron chi connectivity index (χ2n) is 3.33. The first kappa shape index (κ1) is 11.6. The third-order valence-corrected chi connectivity index (χ3v) is 2.12. The Hall–Kier alpha value is -1.45. The zero-order valence-corrected chi connectivity index (χ0v) is 9.32. The molecular formula is C11H18N2O2. The van der Waals surface area contributed by atoms with Crippen LogP contribution >= 0.6 is 0 Å². The number of carbonyl (C=O) groups is 1. The fraction of sp³-hybridized carbons (Fsp3) is 0.545. The van der Waals surface area contributed by atoms with Crippen molar-refractivity contribution in [3.05, 3.63) is 24.2 Å². The molecule has 15 heavy (non-hydrogen) atoms. The summed E-state index contributed by atoms with van der Waals surface area (Å²) in [7, 11) is 0. The molecule has 0 unspecified atom stereocenters. The summed E-state index contributed by atoms with van der Waals surface area (Å²) in [5.74, 6) is 0.809.